The van der Waals surface area contributed by atoms with Crippen molar-refractivity contribution in [3.63, 3.8) is 0 Å². The summed E-state index contributed by atoms with van der Waals surface area (Å²) in [5, 5.41) is 10.4. The number of aryl methyl sites for hydroxylation is 1. The van der Waals surface area contributed by atoms with Gasteiger partial charge in [-0.1, -0.05) is 54.1 Å². The fraction of sp³-hybridized carbons (Fsp3) is 0.136. The molecule has 0 heterocycles. The van der Waals surface area contributed by atoms with Crippen LogP contribution in [0.25, 0.3) is 11.1 Å². The molecule has 0 aliphatic heterocycles. The number of halogens is 1. The zero-order valence-electron chi connectivity index (χ0n) is 15.9. The Kier molecular flexibility index (Phi) is 6.17. The molecule has 6 heteroatoms. The Bertz CT molecular complexity index is 1010. The third-order valence-electron chi connectivity index (χ3n) is 4.30. The van der Waals surface area contributed by atoms with Crippen LogP contribution in [0, 0.1) is 6.92 Å². The van der Waals surface area contributed by atoms with Crippen LogP contribution >= 0.6 is 23.5 Å². The zero-order chi connectivity index (χ0) is 20.3. The molecule has 1 amide bonds. The number of hydrogen-bond donors (Lipinski definition) is 2. The smallest absolute Gasteiger partial charge is 0.253 e. The number of phenolic OH excluding ortho intramolecular Hbond substituents is 1. The number of benzene rings is 3. The van der Waals surface area contributed by atoms with Crippen molar-refractivity contribution in [1.29, 1.82) is 0 Å². The van der Waals surface area contributed by atoms with Gasteiger partial charge in [0.1, 0.15) is 5.75 Å². The number of rotatable bonds is 5. The second-order valence-corrected chi connectivity index (χ2v) is 7.86. The predicted octanol–water partition coefficient (Wildman–Crippen LogP) is 5.84. The Morgan fingerprint density at radius 2 is 1.75 bits per heavy atom. The summed E-state index contributed by atoms with van der Waals surface area (Å²) < 4.78 is 3.28. The van der Waals surface area contributed by atoms with Crippen molar-refractivity contribution in [3.05, 3.63) is 76.8 Å². The van der Waals surface area contributed by atoms with Gasteiger partial charge in [-0.25, -0.2) is 0 Å². The molecule has 0 saturated heterocycles. The molecule has 0 unspecified atom stereocenters. The number of carbonyl (C=O) groups excluding carboxylic acids is 1. The molecule has 144 valence electrons. The van der Waals surface area contributed by atoms with Crippen molar-refractivity contribution in [2.24, 2.45) is 0 Å². The Balaban J connectivity index is 1.87. The summed E-state index contributed by atoms with van der Waals surface area (Å²) in [7, 11) is 3.35. The average Bonchev–Trinajstić information content (AvgIpc) is 2.70. The van der Waals surface area contributed by atoms with Crippen molar-refractivity contribution in [2.45, 2.75) is 11.8 Å². The van der Waals surface area contributed by atoms with E-state index in [-0.39, 0.29) is 16.7 Å². The molecule has 0 aliphatic carbocycles. The molecule has 0 aliphatic rings. The van der Waals surface area contributed by atoms with Gasteiger partial charge in [0.05, 0.1) is 9.92 Å². The highest BCUT2D eigenvalue weighted by Gasteiger charge is 2.16. The van der Waals surface area contributed by atoms with Crippen LogP contribution in [0.5, 0.6) is 5.75 Å². The summed E-state index contributed by atoms with van der Waals surface area (Å²) in [6.07, 6.45) is 0. The van der Waals surface area contributed by atoms with Gasteiger partial charge >= 0.3 is 0 Å². The number of aromatic hydroxyl groups is 1. The number of nitrogens with one attached hydrogen (secondary N) is 1. The number of hydrogen-bond acceptors (Lipinski definition) is 4. The van der Waals surface area contributed by atoms with Crippen LogP contribution in [0.1, 0.15) is 15.9 Å². The van der Waals surface area contributed by atoms with E-state index < -0.39 is 0 Å². The molecule has 0 aromatic heterocycles. The van der Waals surface area contributed by atoms with E-state index in [0.717, 1.165) is 22.4 Å². The fourth-order valence-corrected chi connectivity index (χ4v) is 3.79. The second-order valence-electron chi connectivity index (χ2n) is 6.60. The highest BCUT2D eigenvalue weighted by atomic mass is 35.5. The van der Waals surface area contributed by atoms with Gasteiger partial charge in [-0.05, 0) is 53.8 Å². The van der Waals surface area contributed by atoms with Crippen LogP contribution < -0.4 is 4.72 Å². The van der Waals surface area contributed by atoms with Gasteiger partial charge in [0.2, 0.25) is 0 Å². The minimum Gasteiger partial charge on any atom is -0.505 e. The third-order valence-corrected chi connectivity index (χ3v) is 5.44. The number of carbonyl (C=O) groups is 1. The van der Waals surface area contributed by atoms with Gasteiger partial charge in [-0.3, -0.25) is 4.79 Å². The topological polar surface area (TPSA) is 52.6 Å². The maximum absolute atomic E-state index is 12.2. The zero-order valence-corrected chi connectivity index (χ0v) is 17.4. The van der Waals surface area contributed by atoms with Gasteiger partial charge in [0, 0.05) is 25.3 Å². The Hall–Kier alpha value is -2.63. The first-order valence-corrected chi connectivity index (χ1v) is 9.89. The van der Waals surface area contributed by atoms with Gasteiger partial charge in [0.15, 0.2) is 0 Å². The first-order chi connectivity index (χ1) is 13.4. The molecular weight excluding hydrogens is 392 g/mol. The molecule has 28 heavy (non-hydrogen) atoms. The highest BCUT2D eigenvalue weighted by molar-refractivity contribution is 8.00. The maximum atomic E-state index is 12.2. The molecule has 0 atom stereocenters. The van der Waals surface area contributed by atoms with Crippen molar-refractivity contribution in [2.75, 3.05) is 18.8 Å². The molecular formula is C22H21ClN2O2S. The number of nitrogens with zero attached hydrogens (tertiary/aromatic N) is 1. The number of anilines is 1. The maximum Gasteiger partial charge on any atom is 0.253 e. The minimum atomic E-state index is -0.175. The SMILES string of the molecule is Cc1ccc(-c2ccccc2)cc1NSc1cc(C(=O)N(C)C)cc(Cl)c1O. The summed E-state index contributed by atoms with van der Waals surface area (Å²) in [6, 6.07) is 19.4. The van der Waals surface area contributed by atoms with Crippen LogP contribution in [-0.2, 0) is 0 Å². The molecule has 3 aromatic rings. The third kappa shape index (κ3) is 4.43. The second kappa shape index (κ2) is 8.59. The number of amides is 1. The van der Waals surface area contributed by atoms with E-state index in [4.69, 9.17) is 11.6 Å². The van der Waals surface area contributed by atoms with E-state index in [1.807, 2.05) is 31.2 Å². The van der Waals surface area contributed by atoms with E-state index >= 15 is 0 Å². The average molecular weight is 413 g/mol. The molecule has 0 spiro atoms. The van der Waals surface area contributed by atoms with Crippen molar-refractivity contribution in [3.8, 4) is 16.9 Å². The van der Waals surface area contributed by atoms with E-state index in [0.29, 0.717) is 10.5 Å². The lowest BCUT2D eigenvalue weighted by atomic mass is 10.0. The summed E-state index contributed by atoms with van der Waals surface area (Å²) >= 11 is 7.34. The molecule has 4 nitrogen and oxygen atoms in total. The Morgan fingerprint density at radius 1 is 1.04 bits per heavy atom. The van der Waals surface area contributed by atoms with Crippen molar-refractivity contribution < 1.29 is 9.90 Å². The van der Waals surface area contributed by atoms with Gasteiger partial charge in [-0.15, -0.1) is 0 Å². The standard InChI is InChI=1S/C22H21ClN2O2S/c1-14-9-10-16(15-7-5-4-6-8-15)12-19(14)24-28-20-13-17(22(27)25(2)3)11-18(23)21(20)26/h4-13,24,26H,1-3H3. The summed E-state index contributed by atoms with van der Waals surface area (Å²) in [4.78, 5) is 14.2. The minimum absolute atomic E-state index is 0.0497. The largest absolute Gasteiger partial charge is 0.505 e. The Morgan fingerprint density at radius 3 is 2.43 bits per heavy atom. The number of phenols is 1. The van der Waals surface area contributed by atoms with E-state index in [1.54, 1.807) is 20.2 Å². The van der Waals surface area contributed by atoms with E-state index in [9.17, 15) is 9.90 Å². The summed E-state index contributed by atoms with van der Waals surface area (Å²) in [5.41, 5.74) is 4.63. The van der Waals surface area contributed by atoms with Crippen LogP contribution in [0.4, 0.5) is 5.69 Å². The van der Waals surface area contributed by atoms with Gasteiger partial charge in [0.25, 0.3) is 5.91 Å². The van der Waals surface area contributed by atoms with Crippen LogP contribution in [0.3, 0.4) is 0 Å². The molecule has 3 aromatic carbocycles. The summed E-state index contributed by atoms with van der Waals surface area (Å²) in [6.45, 7) is 2.01. The van der Waals surface area contributed by atoms with Crippen molar-refractivity contribution in [1.82, 2.24) is 4.90 Å². The molecule has 2 N–H and O–H groups in total. The first kappa shape index (κ1) is 20.1. The molecule has 0 saturated carbocycles. The van der Waals surface area contributed by atoms with E-state index in [1.165, 1.54) is 22.9 Å². The lowest BCUT2D eigenvalue weighted by Gasteiger charge is -2.15. The molecule has 0 fully saturated rings. The fourth-order valence-electron chi connectivity index (χ4n) is 2.69. The Labute approximate surface area is 174 Å². The van der Waals surface area contributed by atoms with Crippen LogP contribution in [0.15, 0.2) is 65.6 Å². The molecule has 3 rings (SSSR count). The van der Waals surface area contributed by atoms with Crippen LogP contribution in [0.2, 0.25) is 5.02 Å². The summed E-state index contributed by atoms with van der Waals surface area (Å²) in [5.74, 6) is -0.225. The van der Waals surface area contributed by atoms with Crippen molar-refractivity contribution >= 4 is 35.1 Å². The monoisotopic (exact) mass is 412 g/mol. The highest BCUT2D eigenvalue weighted by Crippen LogP contribution is 2.37. The van der Waals surface area contributed by atoms with Crippen LogP contribution in [-0.4, -0.2) is 30.0 Å². The van der Waals surface area contributed by atoms with Gasteiger partial charge in [-0.2, -0.15) is 0 Å². The normalized spacial score (nSPS) is 10.6. The molecule has 0 bridgehead atoms. The quantitative estimate of drug-likeness (QED) is 0.516. The lowest BCUT2D eigenvalue weighted by Crippen LogP contribution is -2.21. The van der Waals surface area contributed by atoms with Gasteiger partial charge < -0.3 is 14.7 Å². The van der Waals surface area contributed by atoms with E-state index in [2.05, 4.69) is 29.0 Å². The lowest BCUT2D eigenvalue weighted by molar-refractivity contribution is 0.0827. The predicted molar refractivity (Wildman–Crippen MR) is 117 cm³/mol. The molecule has 0 radical (unpaired) electrons. The first-order valence-electron chi connectivity index (χ1n) is 8.70.